The minimum absolute atomic E-state index is 0.0413. The Bertz CT molecular complexity index is 282. The first-order valence-corrected chi connectivity index (χ1v) is 6.84. The predicted octanol–water partition coefficient (Wildman–Crippen LogP) is 1.75. The van der Waals surface area contributed by atoms with Crippen LogP contribution in [0.15, 0.2) is 12.8 Å². The lowest BCUT2D eigenvalue weighted by atomic mass is 9.99. The Balaban J connectivity index is 2.63. The van der Waals surface area contributed by atoms with E-state index in [1.807, 2.05) is 6.92 Å². The molecule has 2 atom stereocenters. The third-order valence-corrected chi connectivity index (χ3v) is 4.57. The minimum atomic E-state index is -2.85. The third-order valence-electron chi connectivity index (χ3n) is 2.72. The summed E-state index contributed by atoms with van der Waals surface area (Å²) < 4.78 is 28.2. The van der Waals surface area contributed by atoms with E-state index in [0.717, 1.165) is 19.3 Å². The molecule has 0 saturated carbocycles. The van der Waals surface area contributed by atoms with E-state index in [4.69, 9.17) is 4.74 Å². The second kappa shape index (κ2) is 4.82. The highest BCUT2D eigenvalue weighted by atomic mass is 32.2. The molecule has 1 heterocycles. The molecule has 0 amide bonds. The van der Waals surface area contributed by atoms with Gasteiger partial charge in [0.25, 0.3) is 0 Å². The Kier molecular flexibility index (Phi) is 3.98. The van der Waals surface area contributed by atoms with Crippen molar-refractivity contribution in [1.82, 2.24) is 0 Å². The molecule has 0 aromatic heterocycles. The van der Waals surface area contributed by atoms with Gasteiger partial charge in [-0.3, -0.25) is 0 Å². The third kappa shape index (κ3) is 3.33. The average molecular weight is 218 g/mol. The molecule has 0 spiro atoms. The Labute approximate surface area is 86.1 Å². The Morgan fingerprint density at radius 3 is 2.86 bits per heavy atom. The molecule has 0 bridgehead atoms. The zero-order valence-electron chi connectivity index (χ0n) is 8.61. The molecule has 1 saturated heterocycles. The fourth-order valence-corrected chi connectivity index (χ4v) is 3.76. The molecule has 1 aliphatic heterocycles. The van der Waals surface area contributed by atoms with Crippen LogP contribution in [0.25, 0.3) is 0 Å². The van der Waals surface area contributed by atoms with Gasteiger partial charge >= 0.3 is 0 Å². The van der Waals surface area contributed by atoms with Crippen molar-refractivity contribution in [3.8, 4) is 0 Å². The summed E-state index contributed by atoms with van der Waals surface area (Å²) in [4.78, 5) is 0. The highest BCUT2D eigenvalue weighted by Gasteiger charge is 2.27. The van der Waals surface area contributed by atoms with Gasteiger partial charge in [0.1, 0.15) is 0 Å². The van der Waals surface area contributed by atoms with E-state index in [-0.39, 0.29) is 17.8 Å². The lowest BCUT2D eigenvalue weighted by molar-refractivity contribution is 0.107. The van der Waals surface area contributed by atoms with Gasteiger partial charge in [-0.15, -0.1) is 0 Å². The number of sulfone groups is 1. The molecular weight excluding hydrogens is 200 g/mol. The van der Waals surface area contributed by atoms with Gasteiger partial charge in [-0.25, -0.2) is 8.42 Å². The molecule has 1 fully saturated rings. The summed E-state index contributed by atoms with van der Waals surface area (Å²) in [7, 11) is -2.85. The molecule has 82 valence electrons. The molecule has 0 N–H and O–H groups in total. The molecule has 0 aromatic rings. The van der Waals surface area contributed by atoms with E-state index in [0.29, 0.717) is 5.75 Å². The van der Waals surface area contributed by atoms with Crippen molar-refractivity contribution in [3.63, 3.8) is 0 Å². The van der Waals surface area contributed by atoms with Crippen molar-refractivity contribution in [2.75, 3.05) is 11.5 Å². The molecule has 1 rings (SSSR count). The van der Waals surface area contributed by atoms with Crippen LogP contribution >= 0.6 is 0 Å². The van der Waals surface area contributed by atoms with Crippen LogP contribution in [0.3, 0.4) is 0 Å². The minimum Gasteiger partial charge on any atom is -0.499 e. The first-order chi connectivity index (χ1) is 6.55. The van der Waals surface area contributed by atoms with Gasteiger partial charge in [-0.05, 0) is 19.8 Å². The number of ether oxygens (including phenoxy) is 1. The van der Waals surface area contributed by atoms with Crippen LogP contribution in [0.2, 0.25) is 0 Å². The molecular formula is C10H18O3S. The Morgan fingerprint density at radius 1 is 1.50 bits per heavy atom. The first-order valence-electron chi connectivity index (χ1n) is 5.02. The zero-order valence-corrected chi connectivity index (χ0v) is 9.42. The van der Waals surface area contributed by atoms with Gasteiger partial charge in [0.05, 0.1) is 23.9 Å². The Hall–Kier alpha value is -0.510. The number of rotatable bonds is 3. The van der Waals surface area contributed by atoms with E-state index in [2.05, 4.69) is 6.58 Å². The summed E-state index contributed by atoms with van der Waals surface area (Å²) in [5, 5.41) is 0. The van der Waals surface area contributed by atoms with Crippen molar-refractivity contribution < 1.29 is 13.2 Å². The summed E-state index contributed by atoms with van der Waals surface area (Å²) in [6.45, 7) is 5.39. The maximum atomic E-state index is 11.5. The van der Waals surface area contributed by atoms with Gasteiger partial charge in [0.15, 0.2) is 9.84 Å². The van der Waals surface area contributed by atoms with Crippen LogP contribution in [0, 0.1) is 5.92 Å². The summed E-state index contributed by atoms with van der Waals surface area (Å²) >= 11 is 0. The smallest absolute Gasteiger partial charge is 0.150 e. The lowest BCUT2D eigenvalue weighted by Gasteiger charge is -2.20. The van der Waals surface area contributed by atoms with E-state index >= 15 is 0 Å². The monoisotopic (exact) mass is 218 g/mol. The summed E-state index contributed by atoms with van der Waals surface area (Å²) in [5.74, 6) is 0.729. The van der Waals surface area contributed by atoms with Crippen molar-refractivity contribution in [2.45, 2.75) is 32.3 Å². The molecule has 4 heteroatoms. The van der Waals surface area contributed by atoms with Gasteiger partial charge in [0.2, 0.25) is 0 Å². The van der Waals surface area contributed by atoms with E-state index in [1.54, 1.807) is 0 Å². The fourth-order valence-electron chi connectivity index (χ4n) is 1.85. The summed E-state index contributed by atoms with van der Waals surface area (Å²) in [5.41, 5.74) is 0. The van der Waals surface area contributed by atoms with Crippen molar-refractivity contribution in [1.29, 1.82) is 0 Å². The fraction of sp³-hybridized carbons (Fsp3) is 0.800. The van der Waals surface area contributed by atoms with Crippen molar-refractivity contribution in [3.05, 3.63) is 12.8 Å². The highest BCUT2D eigenvalue weighted by Crippen LogP contribution is 2.22. The number of hydrogen-bond donors (Lipinski definition) is 0. The highest BCUT2D eigenvalue weighted by molar-refractivity contribution is 7.91. The molecule has 2 unspecified atom stereocenters. The van der Waals surface area contributed by atoms with Gasteiger partial charge in [-0.2, -0.15) is 0 Å². The predicted molar refractivity (Wildman–Crippen MR) is 56.7 cm³/mol. The second-order valence-electron chi connectivity index (χ2n) is 3.88. The zero-order chi connectivity index (χ0) is 10.6. The van der Waals surface area contributed by atoms with Crippen LogP contribution in [-0.2, 0) is 14.6 Å². The van der Waals surface area contributed by atoms with E-state index in [9.17, 15) is 8.42 Å². The van der Waals surface area contributed by atoms with E-state index in [1.165, 1.54) is 6.26 Å². The van der Waals surface area contributed by atoms with Gasteiger partial charge in [0, 0.05) is 5.92 Å². The van der Waals surface area contributed by atoms with Crippen molar-refractivity contribution in [2.24, 2.45) is 5.92 Å². The molecule has 3 nitrogen and oxygen atoms in total. The van der Waals surface area contributed by atoms with Crippen LogP contribution in [0.5, 0.6) is 0 Å². The topological polar surface area (TPSA) is 43.4 Å². The molecule has 0 aliphatic carbocycles. The normalized spacial score (nSPS) is 28.8. The van der Waals surface area contributed by atoms with Crippen LogP contribution in [0.4, 0.5) is 0 Å². The summed E-state index contributed by atoms with van der Waals surface area (Å²) in [6.07, 6.45) is 4.06. The van der Waals surface area contributed by atoms with Crippen LogP contribution in [0.1, 0.15) is 26.2 Å². The van der Waals surface area contributed by atoms with Crippen LogP contribution in [-0.4, -0.2) is 26.0 Å². The molecule has 14 heavy (non-hydrogen) atoms. The van der Waals surface area contributed by atoms with Crippen LogP contribution < -0.4 is 0 Å². The molecule has 0 radical (unpaired) electrons. The maximum Gasteiger partial charge on any atom is 0.150 e. The maximum absolute atomic E-state index is 11.5. The Morgan fingerprint density at radius 2 is 2.21 bits per heavy atom. The largest absolute Gasteiger partial charge is 0.499 e. The molecule has 0 aromatic carbocycles. The average Bonchev–Trinajstić information content (AvgIpc) is 2.27. The van der Waals surface area contributed by atoms with E-state index < -0.39 is 9.84 Å². The standard InChI is InChI=1S/C10H18O3S/c1-3-13-9(2)10-6-4-5-7-14(11,12)8-10/h3,9-10H,1,4-8H2,2H3. The SMILES string of the molecule is C=COC(C)C1CCCCS(=O)(=O)C1. The van der Waals surface area contributed by atoms with Gasteiger partial charge in [-0.1, -0.05) is 13.0 Å². The molecule has 1 aliphatic rings. The van der Waals surface area contributed by atoms with Crippen molar-refractivity contribution >= 4 is 9.84 Å². The number of hydrogen-bond acceptors (Lipinski definition) is 3. The summed E-state index contributed by atoms with van der Waals surface area (Å²) in [6, 6.07) is 0. The quantitative estimate of drug-likeness (QED) is 0.678. The van der Waals surface area contributed by atoms with Gasteiger partial charge < -0.3 is 4.74 Å². The lowest BCUT2D eigenvalue weighted by Crippen LogP contribution is -2.26. The second-order valence-corrected chi connectivity index (χ2v) is 6.11. The first kappa shape index (κ1) is 11.6.